The Bertz CT molecular complexity index is 1160. The van der Waals surface area contributed by atoms with Gasteiger partial charge in [-0.1, -0.05) is 41.9 Å². The maximum atomic E-state index is 13.3. The van der Waals surface area contributed by atoms with E-state index in [1.165, 1.54) is 12.1 Å². The Hall–Kier alpha value is -3.06. The SMILES string of the molecule is C[C@@H](N)c1ncc(C(=O)N(OC(=O)[C@@H](O)c2ccccc2)c2cc(C(F)(F)F)c(Cl)cn2)s1. The van der Waals surface area contributed by atoms with E-state index in [9.17, 15) is 27.9 Å². The van der Waals surface area contributed by atoms with Crippen molar-refractivity contribution >= 4 is 40.6 Å². The Kier molecular flexibility index (Phi) is 7.32. The molecule has 3 N–H and O–H groups in total. The average molecular weight is 501 g/mol. The van der Waals surface area contributed by atoms with Gasteiger partial charge in [0.15, 0.2) is 11.9 Å². The van der Waals surface area contributed by atoms with Crippen LogP contribution in [0.25, 0.3) is 0 Å². The monoisotopic (exact) mass is 500 g/mol. The number of nitrogens with zero attached hydrogens (tertiary/aromatic N) is 3. The van der Waals surface area contributed by atoms with Crippen molar-refractivity contribution in [2.75, 3.05) is 5.06 Å². The maximum absolute atomic E-state index is 13.3. The van der Waals surface area contributed by atoms with Gasteiger partial charge in [0.25, 0.3) is 0 Å². The van der Waals surface area contributed by atoms with E-state index in [4.69, 9.17) is 22.2 Å². The molecule has 0 saturated heterocycles. The summed E-state index contributed by atoms with van der Waals surface area (Å²) in [6, 6.07) is 7.55. The molecule has 0 aliphatic heterocycles. The largest absolute Gasteiger partial charge is 0.418 e. The number of pyridine rings is 1. The van der Waals surface area contributed by atoms with Crippen molar-refractivity contribution in [1.82, 2.24) is 9.97 Å². The van der Waals surface area contributed by atoms with Crippen molar-refractivity contribution in [2.24, 2.45) is 5.73 Å². The first-order valence-corrected chi connectivity index (χ1v) is 10.4. The number of alkyl halides is 3. The van der Waals surface area contributed by atoms with Crippen molar-refractivity contribution in [3.8, 4) is 0 Å². The average Bonchev–Trinajstić information content (AvgIpc) is 3.27. The fourth-order valence-electron chi connectivity index (χ4n) is 2.56. The number of hydrogen-bond acceptors (Lipinski definition) is 8. The van der Waals surface area contributed by atoms with Crippen LogP contribution in [0.15, 0.2) is 48.8 Å². The number of aromatic nitrogens is 2. The molecule has 1 aromatic carbocycles. The summed E-state index contributed by atoms with van der Waals surface area (Å²) in [5.74, 6) is -3.05. The van der Waals surface area contributed by atoms with Crippen LogP contribution in [0, 0.1) is 0 Å². The molecule has 2 heterocycles. The third-order valence-corrected chi connectivity index (χ3v) is 5.67. The predicted molar refractivity (Wildman–Crippen MR) is 113 cm³/mol. The topological polar surface area (TPSA) is 119 Å². The molecule has 2 aromatic heterocycles. The number of anilines is 1. The fourth-order valence-corrected chi connectivity index (χ4v) is 3.56. The number of thiazole rings is 1. The van der Waals surface area contributed by atoms with Crippen LogP contribution in [0.5, 0.6) is 0 Å². The number of carbonyl (C=O) groups excluding carboxylic acids is 2. The summed E-state index contributed by atoms with van der Waals surface area (Å²) in [6.45, 7) is 1.62. The first-order chi connectivity index (χ1) is 15.5. The lowest BCUT2D eigenvalue weighted by Crippen LogP contribution is -2.36. The quantitative estimate of drug-likeness (QED) is 0.507. The minimum atomic E-state index is -4.87. The highest BCUT2D eigenvalue weighted by Crippen LogP contribution is 2.36. The fraction of sp³-hybridized carbons (Fsp3) is 0.200. The van der Waals surface area contributed by atoms with Crippen LogP contribution < -0.4 is 10.8 Å². The smallest absolute Gasteiger partial charge is 0.377 e. The summed E-state index contributed by atoms with van der Waals surface area (Å²) in [7, 11) is 0. The van der Waals surface area contributed by atoms with Crippen LogP contribution in [-0.4, -0.2) is 27.0 Å². The van der Waals surface area contributed by atoms with Crippen LogP contribution in [0.3, 0.4) is 0 Å². The lowest BCUT2D eigenvalue weighted by Gasteiger charge is -2.22. The van der Waals surface area contributed by atoms with Crippen molar-refractivity contribution in [1.29, 1.82) is 0 Å². The molecule has 33 heavy (non-hydrogen) atoms. The van der Waals surface area contributed by atoms with Crippen molar-refractivity contribution in [3.63, 3.8) is 0 Å². The van der Waals surface area contributed by atoms with E-state index in [0.29, 0.717) is 17.3 Å². The first-order valence-electron chi connectivity index (χ1n) is 9.22. The van der Waals surface area contributed by atoms with Gasteiger partial charge in [-0.25, -0.2) is 14.8 Å². The number of benzene rings is 1. The molecular weight excluding hydrogens is 485 g/mol. The number of rotatable bonds is 5. The zero-order valence-corrected chi connectivity index (χ0v) is 18.4. The minimum absolute atomic E-state index is 0.0883. The molecule has 8 nitrogen and oxygen atoms in total. The summed E-state index contributed by atoms with van der Waals surface area (Å²) in [5, 5.41) is 10.2. The zero-order chi connectivity index (χ0) is 24.3. The molecular formula is C20H16ClF3N4O4S. The molecule has 0 fully saturated rings. The number of aliphatic hydroxyl groups is 1. The highest BCUT2D eigenvalue weighted by Gasteiger charge is 2.36. The second kappa shape index (κ2) is 9.83. The highest BCUT2D eigenvalue weighted by molar-refractivity contribution is 7.13. The van der Waals surface area contributed by atoms with Gasteiger partial charge in [0, 0.05) is 6.20 Å². The van der Waals surface area contributed by atoms with Gasteiger partial charge in [0.1, 0.15) is 9.88 Å². The van der Waals surface area contributed by atoms with Crippen molar-refractivity contribution in [3.05, 3.63) is 74.8 Å². The van der Waals surface area contributed by atoms with Gasteiger partial charge in [0.2, 0.25) is 0 Å². The summed E-state index contributed by atoms with van der Waals surface area (Å²) in [6.07, 6.45) is -4.89. The van der Waals surface area contributed by atoms with Crippen LogP contribution >= 0.6 is 22.9 Å². The Morgan fingerprint density at radius 1 is 1.21 bits per heavy atom. The Labute approximate surface area is 194 Å². The summed E-state index contributed by atoms with van der Waals surface area (Å²) < 4.78 is 40.0. The van der Waals surface area contributed by atoms with E-state index in [2.05, 4.69) is 9.97 Å². The molecule has 1 amide bonds. The van der Waals surface area contributed by atoms with E-state index >= 15 is 0 Å². The zero-order valence-electron chi connectivity index (χ0n) is 16.8. The lowest BCUT2D eigenvalue weighted by atomic mass is 10.1. The van der Waals surface area contributed by atoms with E-state index in [0.717, 1.165) is 17.5 Å². The molecule has 0 aliphatic rings. The Morgan fingerprint density at radius 3 is 2.45 bits per heavy atom. The molecule has 0 aliphatic carbocycles. The van der Waals surface area contributed by atoms with E-state index in [1.54, 1.807) is 25.1 Å². The van der Waals surface area contributed by atoms with Gasteiger partial charge in [-0.3, -0.25) is 4.79 Å². The predicted octanol–water partition coefficient (Wildman–Crippen LogP) is 4.07. The van der Waals surface area contributed by atoms with E-state index in [1.807, 2.05) is 0 Å². The van der Waals surface area contributed by atoms with Gasteiger partial charge in [0.05, 0.1) is 22.8 Å². The van der Waals surface area contributed by atoms with Crippen molar-refractivity contribution < 1.29 is 32.7 Å². The standard InChI is InChI=1S/C20H16ClF3N4O4S/c1-10(25)17-27-9-14(33-17)18(30)28(15-7-12(20(22,23)24)13(21)8-26-15)32-19(31)16(29)11-5-3-2-4-6-11/h2-10,16,29H,25H2,1H3/t10-,16+/m1/s1. The number of halogens is 4. The number of amides is 1. The van der Waals surface area contributed by atoms with Crippen LogP contribution in [0.2, 0.25) is 5.02 Å². The van der Waals surface area contributed by atoms with Crippen molar-refractivity contribution in [2.45, 2.75) is 25.2 Å². The number of hydrogen-bond donors (Lipinski definition) is 2. The molecule has 13 heteroatoms. The molecule has 3 aromatic rings. The third-order valence-electron chi connectivity index (χ3n) is 4.18. The second-order valence-electron chi connectivity index (χ2n) is 6.69. The van der Waals surface area contributed by atoms with Gasteiger partial charge in [-0.05, 0) is 18.6 Å². The Morgan fingerprint density at radius 2 is 1.88 bits per heavy atom. The van der Waals surface area contributed by atoms with Gasteiger partial charge in [-0.15, -0.1) is 16.4 Å². The molecule has 2 atom stereocenters. The molecule has 0 unspecified atom stereocenters. The third kappa shape index (κ3) is 5.66. The van der Waals surface area contributed by atoms with Gasteiger partial charge < -0.3 is 15.7 Å². The number of hydroxylamine groups is 1. The molecule has 174 valence electrons. The molecule has 0 radical (unpaired) electrons. The molecule has 0 saturated carbocycles. The number of carbonyl (C=O) groups is 2. The molecule has 0 spiro atoms. The lowest BCUT2D eigenvalue weighted by molar-refractivity contribution is -0.154. The number of aliphatic hydroxyl groups excluding tert-OH is 1. The highest BCUT2D eigenvalue weighted by atomic mass is 35.5. The van der Waals surface area contributed by atoms with E-state index < -0.39 is 46.6 Å². The van der Waals surface area contributed by atoms with Crippen LogP contribution in [0.1, 0.15) is 44.9 Å². The summed E-state index contributed by atoms with van der Waals surface area (Å²) in [5.41, 5.74) is 4.58. The minimum Gasteiger partial charge on any atom is -0.377 e. The summed E-state index contributed by atoms with van der Waals surface area (Å²) >= 11 is 6.46. The van der Waals surface area contributed by atoms with E-state index in [-0.39, 0.29) is 15.5 Å². The van der Waals surface area contributed by atoms with Crippen LogP contribution in [0.4, 0.5) is 19.0 Å². The molecule has 0 bridgehead atoms. The Balaban J connectivity index is 2.01. The number of nitrogens with two attached hydrogens (primary N) is 1. The van der Waals surface area contributed by atoms with Gasteiger partial charge in [-0.2, -0.15) is 13.2 Å². The first kappa shape index (κ1) is 24.6. The van der Waals surface area contributed by atoms with Crippen LogP contribution in [-0.2, 0) is 15.8 Å². The maximum Gasteiger partial charge on any atom is 0.418 e. The molecule has 3 rings (SSSR count). The summed E-state index contributed by atoms with van der Waals surface area (Å²) in [4.78, 5) is 38.2. The normalized spacial score (nSPS) is 13.3. The second-order valence-corrected chi connectivity index (χ2v) is 8.16. The van der Waals surface area contributed by atoms with Gasteiger partial charge >= 0.3 is 18.1 Å².